The van der Waals surface area contributed by atoms with Gasteiger partial charge >= 0.3 is 0 Å². The van der Waals surface area contributed by atoms with E-state index in [0.29, 0.717) is 5.89 Å². The van der Waals surface area contributed by atoms with Crippen molar-refractivity contribution in [1.29, 1.82) is 0 Å². The van der Waals surface area contributed by atoms with Gasteiger partial charge in [0.25, 0.3) is 0 Å². The summed E-state index contributed by atoms with van der Waals surface area (Å²) in [6.07, 6.45) is 0. The Bertz CT molecular complexity index is 2480. The number of nitrogens with zero attached hydrogens (tertiary/aromatic N) is 2. The molecule has 0 aliphatic carbocycles. The van der Waals surface area contributed by atoms with Crippen LogP contribution in [-0.2, 0) is 0 Å². The molecule has 9 rings (SSSR count). The molecule has 4 heteroatoms. The number of benzene rings is 7. The van der Waals surface area contributed by atoms with Gasteiger partial charge in [0.2, 0.25) is 5.89 Å². The number of para-hydroxylation sites is 3. The number of aromatic nitrogens is 1. The van der Waals surface area contributed by atoms with Crippen molar-refractivity contribution in [3.05, 3.63) is 170 Å². The minimum atomic E-state index is 0.594. The molecule has 47 heavy (non-hydrogen) atoms. The first kappa shape index (κ1) is 27.0. The van der Waals surface area contributed by atoms with E-state index in [1.807, 2.05) is 48.5 Å². The molecule has 2 heterocycles. The average molecular weight is 605 g/mol. The van der Waals surface area contributed by atoms with E-state index in [0.717, 1.165) is 66.8 Å². The third-order valence-corrected chi connectivity index (χ3v) is 8.71. The maximum atomic E-state index is 6.40. The monoisotopic (exact) mass is 604 g/mol. The lowest BCUT2D eigenvalue weighted by atomic mass is 10.0. The molecule has 0 fully saturated rings. The molecular formula is C43H28N2O2. The topological polar surface area (TPSA) is 42.4 Å². The van der Waals surface area contributed by atoms with Gasteiger partial charge < -0.3 is 13.7 Å². The smallest absolute Gasteiger partial charge is 0.228 e. The van der Waals surface area contributed by atoms with Gasteiger partial charge in [-0.3, -0.25) is 0 Å². The van der Waals surface area contributed by atoms with Gasteiger partial charge in [-0.2, -0.15) is 0 Å². The zero-order valence-electron chi connectivity index (χ0n) is 25.4. The van der Waals surface area contributed by atoms with Crippen molar-refractivity contribution in [2.24, 2.45) is 0 Å². The van der Waals surface area contributed by atoms with E-state index in [-0.39, 0.29) is 0 Å². The van der Waals surface area contributed by atoms with E-state index in [2.05, 4.69) is 126 Å². The fraction of sp³-hybridized carbons (Fsp3) is 0. The molecule has 0 aliphatic rings. The summed E-state index contributed by atoms with van der Waals surface area (Å²) >= 11 is 0. The zero-order chi connectivity index (χ0) is 31.2. The lowest BCUT2D eigenvalue weighted by molar-refractivity contribution is 0.620. The summed E-state index contributed by atoms with van der Waals surface area (Å²) in [5.74, 6) is 0.594. The maximum absolute atomic E-state index is 6.40. The number of anilines is 3. The van der Waals surface area contributed by atoms with Gasteiger partial charge in [0.1, 0.15) is 16.7 Å². The predicted octanol–water partition coefficient (Wildman–Crippen LogP) is 12.2. The van der Waals surface area contributed by atoms with Crippen molar-refractivity contribution >= 4 is 50.1 Å². The molecular weight excluding hydrogens is 576 g/mol. The number of hydrogen-bond acceptors (Lipinski definition) is 4. The first-order chi connectivity index (χ1) is 23.3. The van der Waals surface area contributed by atoms with Gasteiger partial charge in [0.15, 0.2) is 5.58 Å². The molecule has 0 unspecified atom stereocenters. The van der Waals surface area contributed by atoms with Crippen LogP contribution in [0.2, 0.25) is 0 Å². The second-order valence-corrected chi connectivity index (χ2v) is 11.6. The Balaban J connectivity index is 1.09. The minimum absolute atomic E-state index is 0.594. The van der Waals surface area contributed by atoms with E-state index < -0.39 is 0 Å². The molecule has 0 bridgehead atoms. The van der Waals surface area contributed by atoms with Crippen LogP contribution in [0.25, 0.3) is 66.7 Å². The molecule has 9 aromatic rings. The molecule has 0 aliphatic heterocycles. The highest BCUT2D eigenvalue weighted by Crippen LogP contribution is 2.40. The van der Waals surface area contributed by atoms with Crippen LogP contribution in [0.1, 0.15) is 0 Å². The summed E-state index contributed by atoms with van der Waals surface area (Å²) in [7, 11) is 0. The van der Waals surface area contributed by atoms with Gasteiger partial charge in [0.05, 0.1) is 0 Å². The van der Waals surface area contributed by atoms with Crippen molar-refractivity contribution in [2.45, 2.75) is 0 Å². The maximum Gasteiger partial charge on any atom is 0.228 e. The fourth-order valence-electron chi connectivity index (χ4n) is 6.45. The summed E-state index contributed by atoms with van der Waals surface area (Å²) < 4.78 is 12.5. The summed E-state index contributed by atoms with van der Waals surface area (Å²) in [6.45, 7) is 0. The standard InChI is InChI=1S/C43H28N2O2/c1-3-11-29(12-4-1)31-13-9-16-35(27-31)45(33-14-5-2-6-15-33)34-24-21-30(22-25-34)32-23-26-36-41(28-32)46-40-20-10-17-37(42(36)40)43-44-38-18-7-8-19-39(38)47-43/h1-28H. The van der Waals surface area contributed by atoms with Crippen LogP contribution < -0.4 is 4.90 Å². The first-order valence-electron chi connectivity index (χ1n) is 15.7. The number of furan rings is 1. The molecule has 0 saturated heterocycles. The molecule has 0 radical (unpaired) electrons. The highest BCUT2D eigenvalue weighted by atomic mass is 16.3. The van der Waals surface area contributed by atoms with Crippen molar-refractivity contribution in [2.75, 3.05) is 4.90 Å². The minimum Gasteiger partial charge on any atom is -0.456 e. The van der Waals surface area contributed by atoms with Crippen molar-refractivity contribution in [3.8, 4) is 33.7 Å². The van der Waals surface area contributed by atoms with Gasteiger partial charge in [-0.1, -0.05) is 97.1 Å². The van der Waals surface area contributed by atoms with Crippen LogP contribution in [0.4, 0.5) is 17.1 Å². The summed E-state index contributed by atoms with van der Waals surface area (Å²) in [5, 5.41) is 2.04. The Labute approximate surface area is 271 Å². The molecule has 222 valence electrons. The van der Waals surface area contributed by atoms with Gasteiger partial charge in [0, 0.05) is 33.4 Å². The Morgan fingerprint density at radius 2 is 1.02 bits per heavy atom. The lowest BCUT2D eigenvalue weighted by Gasteiger charge is -2.26. The van der Waals surface area contributed by atoms with Crippen LogP contribution in [0.5, 0.6) is 0 Å². The summed E-state index contributed by atoms with van der Waals surface area (Å²) in [5.41, 5.74) is 12.0. The second kappa shape index (κ2) is 11.2. The van der Waals surface area contributed by atoms with Crippen LogP contribution in [0, 0.1) is 0 Å². The average Bonchev–Trinajstić information content (AvgIpc) is 3.75. The van der Waals surface area contributed by atoms with Crippen LogP contribution in [0.15, 0.2) is 179 Å². The Kier molecular flexibility index (Phi) is 6.43. The van der Waals surface area contributed by atoms with E-state index in [1.54, 1.807) is 0 Å². The number of hydrogen-bond donors (Lipinski definition) is 0. The fourth-order valence-corrected chi connectivity index (χ4v) is 6.45. The van der Waals surface area contributed by atoms with Crippen LogP contribution in [-0.4, -0.2) is 4.98 Å². The Hall–Kier alpha value is -6.39. The quantitative estimate of drug-likeness (QED) is 0.189. The summed E-state index contributed by atoms with van der Waals surface area (Å²) in [4.78, 5) is 7.06. The molecule has 2 aromatic heterocycles. The molecule has 0 saturated carbocycles. The molecule has 0 atom stereocenters. The van der Waals surface area contributed by atoms with Gasteiger partial charge in [-0.25, -0.2) is 4.98 Å². The van der Waals surface area contributed by atoms with E-state index in [1.165, 1.54) is 11.1 Å². The molecule has 0 N–H and O–H groups in total. The van der Waals surface area contributed by atoms with Crippen LogP contribution >= 0.6 is 0 Å². The van der Waals surface area contributed by atoms with E-state index >= 15 is 0 Å². The molecule has 4 nitrogen and oxygen atoms in total. The molecule has 0 amide bonds. The highest BCUT2D eigenvalue weighted by Gasteiger charge is 2.18. The second-order valence-electron chi connectivity index (χ2n) is 11.6. The molecule has 7 aromatic carbocycles. The lowest BCUT2D eigenvalue weighted by Crippen LogP contribution is -2.09. The van der Waals surface area contributed by atoms with Gasteiger partial charge in [-0.05, 0) is 95.1 Å². The zero-order valence-corrected chi connectivity index (χ0v) is 25.4. The Morgan fingerprint density at radius 1 is 0.404 bits per heavy atom. The Morgan fingerprint density at radius 3 is 1.85 bits per heavy atom. The molecule has 0 spiro atoms. The first-order valence-corrected chi connectivity index (χ1v) is 15.7. The van der Waals surface area contributed by atoms with Crippen molar-refractivity contribution < 1.29 is 8.83 Å². The number of fused-ring (bicyclic) bond motifs is 4. The van der Waals surface area contributed by atoms with Crippen LogP contribution in [0.3, 0.4) is 0 Å². The van der Waals surface area contributed by atoms with E-state index in [9.17, 15) is 0 Å². The summed E-state index contributed by atoms with van der Waals surface area (Å²) in [6, 6.07) is 58.7. The number of oxazole rings is 1. The predicted molar refractivity (Wildman–Crippen MR) is 192 cm³/mol. The van der Waals surface area contributed by atoms with Crippen molar-refractivity contribution in [1.82, 2.24) is 4.98 Å². The third-order valence-electron chi connectivity index (χ3n) is 8.71. The normalized spacial score (nSPS) is 11.4. The van der Waals surface area contributed by atoms with Gasteiger partial charge in [-0.15, -0.1) is 0 Å². The largest absolute Gasteiger partial charge is 0.456 e. The third kappa shape index (κ3) is 4.84. The highest BCUT2D eigenvalue weighted by molar-refractivity contribution is 6.12. The van der Waals surface area contributed by atoms with E-state index in [4.69, 9.17) is 13.8 Å². The van der Waals surface area contributed by atoms with Crippen molar-refractivity contribution in [3.63, 3.8) is 0 Å². The number of rotatable bonds is 6. The SMILES string of the molecule is c1ccc(-c2cccc(N(c3ccccc3)c3ccc(-c4ccc5c(c4)oc4cccc(-c6nc7ccccc7o6)c45)cc3)c2)cc1.